The third-order valence-corrected chi connectivity index (χ3v) is 12.1. The minimum Gasteiger partial charge on any atom is -0.485 e. The molecule has 0 aliphatic rings. The van der Waals surface area contributed by atoms with E-state index >= 15 is 0 Å². The number of imidazole rings is 2. The van der Waals surface area contributed by atoms with Gasteiger partial charge in [-0.1, -0.05) is 135 Å². The number of oxazole rings is 1. The van der Waals surface area contributed by atoms with Crippen LogP contribution in [0.4, 0.5) is 0 Å². The van der Waals surface area contributed by atoms with Crippen molar-refractivity contribution in [1.82, 2.24) is 34.1 Å². The molecule has 0 aliphatic heterocycles. The largest absolute Gasteiger partial charge is 0.485 e. The Morgan fingerprint density at radius 3 is 1.81 bits per heavy atom. The topological polar surface area (TPSA) is 101 Å². The van der Waals surface area contributed by atoms with Crippen molar-refractivity contribution < 1.29 is 28.9 Å². The van der Waals surface area contributed by atoms with Crippen LogP contribution in [0.1, 0.15) is 104 Å². The first kappa shape index (κ1) is 45.4. The zero-order valence-corrected chi connectivity index (χ0v) is 42.0. The van der Waals surface area contributed by atoms with E-state index in [2.05, 4.69) is 165 Å². The molecular formula is C57H53IrN7O2-2. The second kappa shape index (κ2) is 17.5. The van der Waals surface area contributed by atoms with Gasteiger partial charge in [-0.25, -0.2) is 4.98 Å². The zero-order valence-electron chi connectivity index (χ0n) is 39.6. The van der Waals surface area contributed by atoms with Crippen molar-refractivity contribution >= 4 is 55.6 Å². The van der Waals surface area contributed by atoms with E-state index in [1.165, 1.54) is 22.4 Å². The van der Waals surface area contributed by atoms with E-state index in [4.69, 9.17) is 23.8 Å². The van der Waals surface area contributed by atoms with Crippen LogP contribution in [-0.2, 0) is 30.9 Å². The van der Waals surface area contributed by atoms with Crippen LogP contribution in [0.25, 0.3) is 89.8 Å². The molecule has 0 spiro atoms. The number of hydrogen-bond acceptors (Lipinski definition) is 7. The molecule has 339 valence electrons. The summed E-state index contributed by atoms with van der Waals surface area (Å²) in [6.07, 6.45) is 0. The molecule has 0 saturated heterocycles. The Balaban J connectivity index is 0.000000186. The van der Waals surface area contributed by atoms with Gasteiger partial charge in [0.1, 0.15) is 5.52 Å². The first-order chi connectivity index (χ1) is 31.7. The number of furan rings is 1. The van der Waals surface area contributed by atoms with Crippen LogP contribution in [0.2, 0.25) is 0 Å². The van der Waals surface area contributed by atoms with Gasteiger partial charge in [-0.2, -0.15) is 9.97 Å². The van der Waals surface area contributed by atoms with Crippen LogP contribution in [0, 0.1) is 12.1 Å². The average molecular weight is 1060 g/mol. The summed E-state index contributed by atoms with van der Waals surface area (Å²) in [6.45, 7) is 21.8. The number of aromatic nitrogens is 7. The number of hydrogen-bond donors (Lipinski definition) is 0. The van der Waals surface area contributed by atoms with Gasteiger partial charge < -0.3 is 18.0 Å². The van der Waals surface area contributed by atoms with Crippen molar-refractivity contribution in [3.63, 3.8) is 0 Å². The summed E-state index contributed by atoms with van der Waals surface area (Å²) in [6, 6.07) is 50.4. The molecule has 0 saturated carbocycles. The maximum absolute atomic E-state index is 6.44. The van der Waals surface area contributed by atoms with E-state index in [0.29, 0.717) is 45.9 Å². The predicted molar refractivity (Wildman–Crippen MR) is 267 cm³/mol. The van der Waals surface area contributed by atoms with Gasteiger partial charge in [0.05, 0.1) is 39.3 Å². The third-order valence-electron chi connectivity index (χ3n) is 12.1. The first-order valence-corrected chi connectivity index (χ1v) is 22.7. The molecule has 0 atom stereocenters. The Hall–Kier alpha value is -6.74. The van der Waals surface area contributed by atoms with Crippen molar-refractivity contribution in [2.45, 2.75) is 91.9 Å². The van der Waals surface area contributed by atoms with Crippen molar-refractivity contribution in [3.8, 4) is 34.2 Å². The summed E-state index contributed by atoms with van der Waals surface area (Å²) in [5.74, 6) is 2.93. The normalized spacial score (nSPS) is 12.2. The predicted octanol–water partition coefficient (Wildman–Crippen LogP) is 14.7. The second-order valence-corrected chi connectivity index (χ2v) is 19.6. The molecular weight excluding hydrogens is 1010 g/mol. The summed E-state index contributed by atoms with van der Waals surface area (Å²) < 4.78 is 17.0. The van der Waals surface area contributed by atoms with E-state index in [1.807, 2.05) is 63.2 Å². The molecule has 67 heavy (non-hydrogen) atoms. The maximum Gasteiger partial charge on any atom is 0.269 e. The van der Waals surface area contributed by atoms with E-state index < -0.39 is 0 Å². The molecule has 5 aromatic heterocycles. The quantitative estimate of drug-likeness (QED) is 0.153. The summed E-state index contributed by atoms with van der Waals surface area (Å²) in [5.41, 5.74) is 14.3. The molecule has 0 bridgehead atoms. The third kappa shape index (κ3) is 8.16. The van der Waals surface area contributed by atoms with Crippen molar-refractivity contribution in [1.29, 1.82) is 0 Å². The summed E-state index contributed by atoms with van der Waals surface area (Å²) >= 11 is 0. The van der Waals surface area contributed by atoms with Gasteiger partial charge in [0, 0.05) is 36.9 Å². The molecule has 0 amide bonds. The van der Waals surface area contributed by atoms with Gasteiger partial charge in [0.2, 0.25) is 17.3 Å². The monoisotopic (exact) mass is 1060 g/mol. The number of rotatable bonds is 6. The molecule has 0 N–H and O–H groups in total. The molecule has 0 fully saturated rings. The van der Waals surface area contributed by atoms with Gasteiger partial charge in [-0.3, -0.25) is 9.97 Å². The number of nitrogens with zero attached hydrogens (tertiary/aromatic N) is 7. The minimum atomic E-state index is -0.256. The first-order valence-electron chi connectivity index (χ1n) is 22.7. The Morgan fingerprint density at radius 2 is 1.16 bits per heavy atom. The van der Waals surface area contributed by atoms with E-state index in [-0.39, 0.29) is 30.9 Å². The molecule has 5 heterocycles. The second-order valence-electron chi connectivity index (χ2n) is 19.6. The smallest absolute Gasteiger partial charge is 0.269 e. The Kier molecular flexibility index (Phi) is 11.9. The van der Waals surface area contributed by atoms with Crippen molar-refractivity contribution in [2.24, 2.45) is 0 Å². The molecule has 9 nitrogen and oxygen atoms in total. The van der Waals surface area contributed by atoms with E-state index in [9.17, 15) is 0 Å². The summed E-state index contributed by atoms with van der Waals surface area (Å²) in [7, 11) is 0. The van der Waals surface area contributed by atoms with Crippen LogP contribution < -0.4 is 0 Å². The summed E-state index contributed by atoms with van der Waals surface area (Å²) in [4.78, 5) is 24.2. The van der Waals surface area contributed by atoms with Crippen LogP contribution in [0.15, 0.2) is 136 Å². The van der Waals surface area contributed by atoms with Gasteiger partial charge in [-0.05, 0) is 69.7 Å². The van der Waals surface area contributed by atoms with Gasteiger partial charge in [-0.15, -0.1) is 54.1 Å². The van der Waals surface area contributed by atoms with Gasteiger partial charge in [0.25, 0.3) is 5.71 Å². The fourth-order valence-corrected chi connectivity index (χ4v) is 8.83. The van der Waals surface area contributed by atoms with Gasteiger partial charge >= 0.3 is 0 Å². The van der Waals surface area contributed by atoms with Crippen molar-refractivity contribution in [3.05, 3.63) is 162 Å². The fourth-order valence-electron chi connectivity index (χ4n) is 8.83. The number of para-hydroxylation sites is 6. The van der Waals surface area contributed by atoms with Crippen LogP contribution in [-0.4, -0.2) is 34.1 Å². The number of fused-ring (bicyclic) bond motifs is 6. The Labute approximate surface area is 404 Å². The average Bonchev–Trinajstić information content (AvgIpc) is 4.09. The molecule has 0 aliphatic carbocycles. The molecule has 11 rings (SSSR count). The Morgan fingerprint density at radius 1 is 0.537 bits per heavy atom. The Bertz CT molecular complexity index is 3550. The number of benzene rings is 6. The SMILES string of the molecule is CC(C)(C)c1ccccc1-n1c(-c2[c-]cccc2)nc2ccccc21.CC(C)c1cccc(C(C)C)c1-n1c(-c2[c-]ccc3c2oc2nc4oc(C(C)(C)C)nc4nc23)nc2ccccc21.[Ir]. The summed E-state index contributed by atoms with van der Waals surface area (Å²) in [5, 5.41) is 0.836. The molecule has 0 unspecified atom stereocenters. The minimum absolute atomic E-state index is 0. The van der Waals surface area contributed by atoms with Gasteiger partial charge in [0.15, 0.2) is 0 Å². The standard InChI is InChI=1S/C34H32N5O2.C23H21N2.Ir/c1-18(2)20-12-10-13-21(19(3)4)27(20)39-25-17-9-8-16-24(25)35-30(39)23-15-11-14-22-26-31(40-28(22)23)38-32-29(36-26)37-33(41-32)34(5,6)7;1-23(2,3)18-13-7-9-15-20(18)25-21-16-10-8-14-19(21)24-22(25)17-11-5-4-6-12-17;/h8-14,16-19H,1-7H3;4-11,13-16H,1-3H3;/q2*-1;. The fraction of sp³-hybridized carbons (Fsp3) is 0.246. The maximum atomic E-state index is 6.44. The van der Waals surface area contributed by atoms with E-state index in [0.717, 1.165) is 55.9 Å². The molecule has 11 aromatic rings. The van der Waals surface area contributed by atoms with Crippen LogP contribution in [0.3, 0.4) is 0 Å². The molecule has 6 aromatic carbocycles. The molecule has 10 heteroatoms. The van der Waals surface area contributed by atoms with E-state index in [1.54, 1.807) is 0 Å². The van der Waals surface area contributed by atoms with Crippen LogP contribution >= 0.6 is 0 Å². The molecule has 1 radical (unpaired) electrons. The van der Waals surface area contributed by atoms with Crippen LogP contribution in [0.5, 0.6) is 0 Å². The zero-order chi connectivity index (χ0) is 46.1. The van der Waals surface area contributed by atoms with Crippen molar-refractivity contribution in [2.75, 3.05) is 0 Å².